The van der Waals surface area contributed by atoms with Gasteiger partial charge in [-0.25, -0.2) is 0 Å². The van der Waals surface area contributed by atoms with E-state index in [1.54, 1.807) is 0 Å². The first-order valence-electron chi connectivity index (χ1n) is 9.61. The summed E-state index contributed by atoms with van der Waals surface area (Å²) < 4.78 is 1.87. The first-order valence-corrected chi connectivity index (χ1v) is 9.61. The molecule has 2 aromatic carbocycles. The molecule has 1 heterocycles. The van der Waals surface area contributed by atoms with E-state index in [4.69, 9.17) is 0 Å². The van der Waals surface area contributed by atoms with Gasteiger partial charge in [0.1, 0.15) is 11.4 Å². The summed E-state index contributed by atoms with van der Waals surface area (Å²) in [5.41, 5.74) is 4.60. The number of anilines is 1. The zero-order valence-corrected chi connectivity index (χ0v) is 17.7. The molecular formula is C21H19N6O6+. The lowest BCUT2D eigenvalue weighted by atomic mass is 10.1. The van der Waals surface area contributed by atoms with Crippen molar-refractivity contribution in [3.63, 3.8) is 0 Å². The number of hydrogen-bond acceptors (Lipinski definition) is 8. The molecule has 0 atom stereocenters. The fourth-order valence-electron chi connectivity index (χ4n) is 3.23. The average molecular weight is 451 g/mol. The summed E-state index contributed by atoms with van der Waals surface area (Å²) >= 11 is 0. The predicted octanol–water partition coefficient (Wildman–Crippen LogP) is 3.83. The molecule has 1 N–H and O–H groups in total. The van der Waals surface area contributed by atoms with Gasteiger partial charge in [-0.3, -0.25) is 35.8 Å². The summed E-state index contributed by atoms with van der Waals surface area (Å²) in [6, 6.07) is 10.9. The zero-order chi connectivity index (χ0) is 24.1. The predicted molar refractivity (Wildman–Crippen MR) is 119 cm³/mol. The van der Waals surface area contributed by atoms with Gasteiger partial charge >= 0.3 is 5.69 Å². The van der Waals surface area contributed by atoms with E-state index in [-0.39, 0.29) is 17.9 Å². The fraction of sp³-hybridized carbons (Fsp3) is 0.143. The van der Waals surface area contributed by atoms with Gasteiger partial charge in [0.2, 0.25) is 0 Å². The number of nitro benzene ring substituents is 3. The van der Waals surface area contributed by atoms with Crippen molar-refractivity contribution in [1.82, 2.24) is 0 Å². The van der Waals surface area contributed by atoms with Crippen LogP contribution in [0.1, 0.15) is 16.7 Å². The van der Waals surface area contributed by atoms with Crippen molar-refractivity contribution in [2.24, 2.45) is 5.10 Å². The van der Waals surface area contributed by atoms with Crippen molar-refractivity contribution in [3.8, 4) is 0 Å². The molecule has 0 bridgehead atoms. The Morgan fingerprint density at radius 2 is 1.42 bits per heavy atom. The highest BCUT2D eigenvalue weighted by Crippen LogP contribution is 2.29. The molecule has 0 saturated heterocycles. The van der Waals surface area contributed by atoms with Crippen molar-refractivity contribution in [2.45, 2.75) is 20.4 Å². The minimum Gasteiger partial charge on any atom is -0.271 e. The molecule has 168 valence electrons. The molecule has 0 fully saturated rings. The van der Waals surface area contributed by atoms with Gasteiger partial charge in [-0.05, 0) is 38.1 Å². The number of nitrogens with zero attached hydrogens (tertiary/aromatic N) is 5. The van der Waals surface area contributed by atoms with E-state index in [2.05, 4.69) is 10.5 Å². The molecule has 0 aliphatic carbocycles. The quantitative estimate of drug-likeness (QED) is 0.236. The number of rotatable bonds is 8. The maximum absolute atomic E-state index is 11.4. The highest BCUT2D eigenvalue weighted by Gasteiger charge is 2.20. The van der Waals surface area contributed by atoms with E-state index < -0.39 is 26.1 Å². The van der Waals surface area contributed by atoms with Crippen LogP contribution in [0.25, 0.3) is 0 Å². The van der Waals surface area contributed by atoms with Gasteiger partial charge in [0.25, 0.3) is 11.4 Å². The Morgan fingerprint density at radius 3 is 1.97 bits per heavy atom. The zero-order valence-electron chi connectivity index (χ0n) is 17.7. The first-order chi connectivity index (χ1) is 15.6. The van der Waals surface area contributed by atoms with E-state index in [0.717, 1.165) is 23.3 Å². The number of non-ortho nitro benzene ring substituents is 2. The van der Waals surface area contributed by atoms with Crippen molar-refractivity contribution in [3.05, 3.63) is 108 Å². The average Bonchev–Trinajstić information content (AvgIpc) is 2.75. The Hall–Kier alpha value is -4.74. The van der Waals surface area contributed by atoms with E-state index in [9.17, 15) is 30.3 Å². The van der Waals surface area contributed by atoms with Crippen LogP contribution in [-0.4, -0.2) is 20.5 Å². The largest absolute Gasteiger partial charge is 0.301 e. The van der Waals surface area contributed by atoms with Gasteiger partial charge in [0, 0.05) is 34.9 Å². The lowest BCUT2D eigenvalue weighted by Crippen LogP contribution is -2.38. The van der Waals surface area contributed by atoms with Gasteiger partial charge in [-0.2, -0.15) is 9.67 Å². The van der Waals surface area contributed by atoms with E-state index in [1.165, 1.54) is 30.3 Å². The Labute approximate surface area is 187 Å². The summed E-state index contributed by atoms with van der Waals surface area (Å²) in [7, 11) is 0. The standard InChI is InChI=1S/C21H19N6O6/c1-14-9-15(2)12-24(11-14)13-20(16-3-5-17(6-4-16)25(28)29)23-22-19-8-7-18(26(30)31)10-21(19)27(32)33/h3-12,22H,13H2,1-2H3/q+1. The molecule has 3 aromatic rings. The second kappa shape index (κ2) is 9.60. The highest BCUT2D eigenvalue weighted by atomic mass is 16.6. The number of hydrogen-bond donors (Lipinski definition) is 1. The number of nitro groups is 3. The molecule has 0 saturated carbocycles. The monoisotopic (exact) mass is 451 g/mol. The van der Waals surface area contributed by atoms with Gasteiger partial charge in [-0.1, -0.05) is 0 Å². The Morgan fingerprint density at radius 1 is 0.848 bits per heavy atom. The summed E-state index contributed by atoms with van der Waals surface area (Å²) in [5, 5.41) is 37.7. The molecule has 0 spiro atoms. The van der Waals surface area contributed by atoms with Crippen LogP contribution >= 0.6 is 0 Å². The fourth-order valence-corrected chi connectivity index (χ4v) is 3.23. The Bertz CT molecular complexity index is 1250. The van der Waals surface area contributed by atoms with Crippen molar-refractivity contribution in [2.75, 3.05) is 5.43 Å². The topological polar surface area (TPSA) is 158 Å². The van der Waals surface area contributed by atoms with Crippen LogP contribution in [0, 0.1) is 44.2 Å². The van der Waals surface area contributed by atoms with Crippen LogP contribution < -0.4 is 9.99 Å². The van der Waals surface area contributed by atoms with E-state index >= 15 is 0 Å². The molecule has 12 heteroatoms. The van der Waals surface area contributed by atoms with Gasteiger partial charge in [0.15, 0.2) is 18.9 Å². The number of benzene rings is 2. The molecule has 0 aliphatic rings. The van der Waals surface area contributed by atoms with E-state index in [0.29, 0.717) is 11.3 Å². The van der Waals surface area contributed by atoms with Crippen molar-refractivity contribution in [1.29, 1.82) is 0 Å². The van der Waals surface area contributed by atoms with Crippen molar-refractivity contribution < 1.29 is 19.3 Å². The molecule has 0 unspecified atom stereocenters. The lowest BCUT2D eigenvalue weighted by molar-refractivity contribution is -0.682. The second-order valence-electron chi connectivity index (χ2n) is 7.25. The summed E-state index contributed by atoms with van der Waals surface area (Å²) in [6.45, 7) is 4.13. The third-order valence-corrected chi connectivity index (χ3v) is 4.64. The van der Waals surface area contributed by atoms with Crippen LogP contribution in [0.3, 0.4) is 0 Å². The minimum atomic E-state index is -0.741. The van der Waals surface area contributed by atoms with Gasteiger partial charge < -0.3 is 0 Å². The van der Waals surface area contributed by atoms with Crippen molar-refractivity contribution >= 4 is 28.5 Å². The van der Waals surface area contributed by atoms with E-state index in [1.807, 2.05) is 36.9 Å². The molecule has 12 nitrogen and oxygen atoms in total. The molecule has 1 aromatic heterocycles. The number of hydrazone groups is 1. The van der Waals surface area contributed by atoms with Gasteiger partial charge in [-0.15, -0.1) is 0 Å². The molecule has 3 rings (SSSR count). The van der Waals surface area contributed by atoms with Crippen LogP contribution in [0.2, 0.25) is 0 Å². The molecule has 0 radical (unpaired) electrons. The number of aryl methyl sites for hydroxylation is 2. The molecule has 0 amide bonds. The highest BCUT2D eigenvalue weighted by molar-refractivity contribution is 6.00. The second-order valence-corrected chi connectivity index (χ2v) is 7.25. The number of pyridine rings is 1. The summed E-state index contributed by atoms with van der Waals surface area (Å²) in [6.07, 6.45) is 3.78. The SMILES string of the molecule is Cc1cc(C)c[n+](CC(=NNc2ccc([N+](=O)[O-])cc2[N+](=O)[O-])c2ccc([N+](=O)[O-])cc2)c1. The van der Waals surface area contributed by atoms with Crippen LogP contribution in [-0.2, 0) is 6.54 Å². The van der Waals surface area contributed by atoms with Crippen LogP contribution in [0.15, 0.2) is 66.0 Å². The minimum absolute atomic E-state index is 0.0320. The Kier molecular flexibility index (Phi) is 6.67. The normalized spacial score (nSPS) is 11.2. The van der Waals surface area contributed by atoms with Crippen LogP contribution in [0.4, 0.5) is 22.7 Å². The maximum atomic E-state index is 11.4. The van der Waals surface area contributed by atoms with Crippen LogP contribution in [0.5, 0.6) is 0 Å². The smallest absolute Gasteiger partial charge is 0.271 e. The number of nitrogens with one attached hydrogen (secondary N) is 1. The Balaban J connectivity index is 2.02. The molecule has 33 heavy (non-hydrogen) atoms. The van der Waals surface area contributed by atoms with Gasteiger partial charge in [0.05, 0.1) is 20.8 Å². The summed E-state index contributed by atoms with van der Waals surface area (Å²) in [4.78, 5) is 31.4. The molecule has 0 aliphatic heterocycles. The lowest BCUT2D eigenvalue weighted by Gasteiger charge is -2.07. The maximum Gasteiger partial charge on any atom is 0.301 e. The summed E-state index contributed by atoms with van der Waals surface area (Å²) in [5.74, 6) is 0. The number of aromatic nitrogens is 1. The third kappa shape index (κ3) is 5.70. The molecular weight excluding hydrogens is 432 g/mol. The third-order valence-electron chi connectivity index (χ3n) is 4.64. The first kappa shape index (κ1) is 22.9.